The van der Waals surface area contributed by atoms with E-state index in [-0.39, 0.29) is 5.91 Å². The van der Waals surface area contributed by atoms with Crippen molar-refractivity contribution < 1.29 is 4.79 Å². The molecule has 1 saturated heterocycles. The van der Waals surface area contributed by atoms with Crippen molar-refractivity contribution in [3.05, 3.63) is 21.9 Å². The minimum absolute atomic E-state index is 0.0626. The number of thiophene rings is 1. The number of piperazine rings is 1. The predicted octanol–water partition coefficient (Wildman–Crippen LogP) is 0.692. The molecular weight excluding hydrogens is 234 g/mol. The summed E-state index contributed by atoms with van der Waals surface area (Å²) in [4.78, 5) is 15.0. The van der Waals surface area contributed by atoms with Gasteiger partial charge in [0.2, 0.25) is 0 Å². The maximum atomic E-state index is 11.8. The molecule has 5 heteroatoms. The second kappa shape index (κ2) is 6.14. The van der Waals surface area contributed by atoms with E-state index < -0.39 is 0 Å². The third-order valence-electron chi connectivity index (χ3n) is 2.99. The fourth-order valence-electron chi connectivity index (χ4n) is 1.95. The Morgan fingerprint density at radius 3 is 2.94 bits per heavy atom. The van der Waals surface area contributed by atoms with E-state index in [0.717, 1.165) is 49.7 Å². The summed E-state index contributed by atoms with van der Waals surface area (Å²) >= 11 is 1.51. The van der Waals surface area contributed by atoms with Crippen LogP contribution in [0.3, 0.4) is 0 Å². The Balaban J connectivity index is 1.71. The van der Waals surface area contributed by atoms with Crippen LogP contribution in [0.15, 0.2) is 11.4 Å². The number of carbonyl (C=O) groups is 1. The Morgan fingerprint density at radius 2 is 2.29 bits per heavy atom. The maximum absolute atomic E-state index is 11.8. The highest BCUT2D eigenvalue weighted by Gasteiger charge is 2.12. The standard InChI is InChI=1S/C12H19N3OS/c1-10-2-9-17-11(10)12(16)14-5-8-15-6-3-13-4-7-15/h2,9,13H,3-8H2,1H3,(H,14,16). The Kier molecular flexibility index (Phi) is 4.53. The van der Waals surface area contributed by atoms with E-state index >= 15 is 0 Å². The van der Waals surface area contributed by atoms with E-state index in [1.807, 2.05) is 18.4 Å². The summed E-state index contributed by atoms with van der Waals surface area (Å²) in [5.74, 6) is 0.0626. The molecule has 4 nitrogen and oxygen atoms in total. The normalized spacial score (nSPS) is 17.0. The highest BCUT2D eigenvalue weighted by atomic mass is 32.1. The first-order valence-corrected chi connectivity index (χ1v) is 6.90. The highest BCUT2D eigenvalue weighted by Crippen LogP contribution is 2.14. The number of amides is 1. The van der Waals surface area contributed by atoms with Crippen molar-refractivity contribution in [3.63, 3.8) is 0 Å². The number of rotatable bonds is 4. The lowest BCUT2D eigenvalue weighted by molar-refractivity contribution is 0.0951. The summed E-state index contributed by atoms with van der Waals surface area (Å²) in [6.07, 6.45) is 0. The zero-order valence-electron chi connectivity index (χ0n) is 10.2. The first-order chi connectivity index (χ1) is 8.27. The van der Waals surface area contributed by atoms with Gasteiger partial charge in [-0.15, -0.1) is 11.3 Å². The number of carbonyl (C=O) groups excluding carboxylic acids is 1. The SMILES string of the molecule is Cc1ccsc1C(=O)NCCN1CCNCC1. The van der Waals surface area contributed by atoms with Crippen LogP contribution >= 0.6 is 11.3 Å². The lowest BCUT2D eigenvalue weighted by Crippen LogP contribution is -2.46. The molecule has 2 rings (SSSR count). The summed E-state index contributed by atoms with van der Waals surface area (Å²) in [6, 6.07) is 1.98. The van der Waals surface area contributed by atoms with E-state index in [9.17, 15) is 4.79 Å². The Bertz CT molecular complexity index is 372. The van der Waals surface area contributed by atoms with E-state index in [1.165, 1.54) is 11.3 Å². The molecule has 0 atom stereocenters. The van der Waals surface area contributed by atoms with Crippen molar-refractivity contribution >= 4 is 17.2 Å². The zero-order chi connectivity index (χ0) is 12.1. The molecule has 1 amide bonds. The van der Waals surface area contributed by atoms with Crippen molar-refractivity contribution in [1.29, 1.82) is 0 Å². The lowest BCUT2D eigenvalue weighted by Gasteiger charge is -2.27. The Labute approximate surface area is 106 Å². The molecule has 2 heterocycles. The largest absolute Gasteiger partial charge is 0.350 e. The van der Waals surface area contributed by atoms with E-state index in [1.54, 1.807) is 0 Å². The van der Waals surface area contributed by atoms with Crippen molar-refractivity contribution in [1.82, 2.24) is 15.5 Å². The van der Waals surface area contributed by atoms with Crippen LogP contribution in [0.5, 0.6) is 0 Å². The van der Waals surface area contributed by atoms with Gasteiger partial charge in [-0.2, -0.15) is 0 Å². The second-order valence-corrected chi connectivity index (χ2v) is 5.20. The lowest BCUT2D eigenvalue weighted by atomic mass is 10.3. The molecule has 0 bridgehead atoms. The summed E-state index contributed by atoms with van der Waals surface area (Å²) in [5, 5.41) is 8.26. The van der Waals surface area contributed by atoms with Crippen molar-refractivity contribution in [2.45, 2.75) is 6.92 Å². The van der Waals surface area contributed by atoms with Gasteiger partial charge in [0.25, 0.3) is 5.91 Å². The van der Waals surface area contributed by atoms with Crippen molar-refractivity contribution in [2.75, 3.05) is 39.3 Å². The van der Waals surface area contributed by atoms with Crippen LogP contribution in [0.2, 0.25) is 0 Å². The molecule has 0 unspecified atom stereocenters. The molecule has 0 spiro atoms. The van der Waals surface area contributed by atoms with Gasteiger partial charge in [0.1, 0.15) is 0 Å². The molecule has 1 fully saturated rings. The van der Waals surface area contributed by atoms with Gasteiger partial charge in [0.05, 0.1) is 4.88 Å². The zero-order valence-corrected chi connectivity index (χ0v) is 11.0. The van der Waals surface area contributed by atoms with Crippen LogP contribution in [0.4, 0.5) is 0 Å². The Morgan fingerprint density at radius 1 is 1.53 bits per heavy atom. The van der Waals surface area contributed by atoms with Crippen molar-refractivity contribution in [2.24, 2.45) is 0 Å². The van der Waals surface area contributed by atoms with Crippen LogP contribution in [-0.2, 0) is 0 Å². The molecule has 0 radical (unpaired) electrons. The Hall–Kier alpha value is -0.910. The summed E-state index contributed by atoms with van der Waals surface area (Å²) < 4.78 is 0. The minimum atomic E-state index is 0.0626. The number of nitrogens with one attached hydrogen (secondary N) is 2. The smallest absolute Gasteiger partial charge is 0.261 e. The van der Waals surface area contributed by atoms with Gasteiger partial charge < -0.3 is 10.6 Å². The molecule has 0 aliphatic carbocycles. The van der Waals surface area contributed by atoms with E-state index in [0.29, 0.717) is 0 Å². The van der Waals surface area contributed by atoms with Crippen molar-refractivity contribution in [3.8, 4) is 0 Å². The molecule has 94 valence electrons. The predicted molar refractivity (Wildman–Crippen MR) is 70.7 cm³/mol. The van der Waals surface area contributed by atoms with Gasteiger partial charge >= 0.3 is 0 Å². The average Bonchev–Trinajstić information content (AvgIpc) is 2.77. The first-order valence-electron chi connectivity index (χ1n) is 6.03. The van der Waals surface area contributed by atoms with Gasteiger partial charge in [-0.3, -0.25) is 9.69 Å². The molecule has 1 aromatic rings. The van der Waals surface area contributed by atoms with Crippen LogP contribution in [-0.4, -0.2) is 50.1 Å². The summed E-state index contributed by atoms with van der Waals surface area (Å²) in [7, 11) is 0. The van der Waals surface area contributed by atoms with Gasteiger partial charge in [-0.1, -0.05) is 0 Å². The van der Waals surface area contributed by atoms with Gasteiger partial charge in [0, 0.05) is 39.3 Å². The fraction of sp³-hybridized carbons (Fsp3) is 0.583. The summed E-state index contributed by atoms with van der Waals surface area (Å²) in [5.41, 5.74) is 1.06. The molecule has 2 N–H and O–H groups in total. The highest BCUT2D eigenvalue weighted by molar-refractivity contribution is 7.12. The molecule has 1 aliphatic rings. The van der Waals surface area contributed by atoms with Crippen LogP contribution in [0.1, 0.15) is 15.2 Å². The number of hydrogen-bond acceptors (Lipinski definition) is 4. The fourth-order valence-corrected chi connectivity index (χ4v) is 2.79. The minimum Gasteiger partial charge on any atom is -0.350 e. The second-order valence-electron chi connectivity index (χ2n) is 4.28. The van der Waals surface area contributed by atoms with Gasteiger partial charge in [0.15, 0.2) is 0 Å². The molecular formula is C12H19N3OS. The van der Waals surface area contributed by atoms with Crippen LogP contribution < -0.4 is 10.6 Å². The maximum Gasteiger partial charge on any atom is 0.261 e. The molecule has 0 saturated carbocycles. The van der Waals surface area contributed by atoms with E-state index in [4.69, 9.17) is 0 Å². The van der Waals surface area contributed by atoms with Gasteiger partial charge in [-0.05, 0) is 23.9 Å². The number of aryl methyl sites for hydroxylation is 1. The third kappa shape index (κ3) is 3.52. The van der Waals surface area contributed by atoms with E-state index in [2.05, 4.69) is 15.5 Å². The van der Waals surface area contributed by atoms with Crippen LogP contribution in [0, 0.1) is 6.92 Å². The molecule has 1 aromatic heterocycles. The quantitative estimate of drug-likeness (QED) is 0.830. The average molecular weight is 253 g/mol. The number of nitrogens with zero attached hydrogens (tertiary/aromatic N) is 1. The molecule has 17 heavy (non-hydrogen) atoms. The monoisotopic (exact) mass is 253 g/mol. The topological polar surface area (TPSA) is 44.4 Å². The summed E-state index contributed by atoms with van der Waals surface area (Å²) in [6.45, 7) is 7.91. The third-order valence-corrected chi connectivity index (χ3v) is 4.01. The molecule has 1 aliphatic heterocycles. The number of hydrogen-bond donors (Lipinski definition) is 2. The first kappa shape index (κ1) is 12.5. The van der Waals surface area contributed by atoms with Gasteiger partial charge in [-0.25, -0.2) is 0 Å². The van der Waals surface area contributed by atoms with Crippen LogP contribution in [0.25, 0.3) is 0 Å². The molecule has 0 aromatic carbocycles.